The molecular weight excluding hydrogens is 238 g/mol. The normalized spacial score (nSPS) is 23.4. The SMILES string of the molecule is Nc1cnc2ccccc2c1NC1CCC(O)CC1. The highest BCUT2D eigenvalue weighted by atomic mass is 16.3. The second-order valence-electron chi connectivity index (χ2n) is 5.26. The number of hydrogen-bond donors (Lipinski definition) is 3. The van der Waals surface area contributed by atoms with Gasteiger partial charge in [0.05, 0.1) is 29.2 Å². The predicted molar refractivity (Wildman–Crippen MR) is 78.0 cm³/mol. The molecule has 0 amide bonds. The lowest BCUT2D eigenvalue weighted by Crippen LogP contribution is -2.28. The number of fused-ring (bicyclic) bond motifs is 1. The van der Waals surface area contributed by atoms with Gasteiger partial charge in [-0.3, -0.25) is 4.98 Å². The van der Waals surface area contributed by atoms with Crippen LogP contribution in [-0.2, 0) is 0 Å². The van der Waals surface area contributed by atoms with Crippen LogP contribution in [-0.4, -0.2) is 22.2 Å². The molecule has 100 valence electrons. The van der Waals surface area contributed by atoms with E-state index in [1.807, 2.05) is 24.3 Å². The number of nitrogens with zero attached hydrogens (tertiary/aromatic N) is 1. The third-order valence-electron chi connectivity index (χ3n) is 3.85. The van der Waals surface area contributed by atoms with E-state index in [0.717, 1.165) is 42.3 Å². The number of hydrogen-bond acceptors (Lipinski definition) is 4. The second-order valence-corrected chi connectivity index (χ2v) is 5.26. The fraction of sp³-hybridized carbons (Fsp3) is 0.400. The number of rotatable bonds is 2. The molecule has 4 nitrogen and oxygen atoms in total. The summed E-state index contributed by atoms with van der Waals surface area (Å²) >= 11 is 0. The molecule has 1 aromatic carbocycles. The van der Waals surface area contributed by atoms with Gasteiger partial charge in [-0.15, -0.1) is 0 Å². The second kappa shape index (κ2) is 5.05. The van der Waals surface area contributed by atoms with Crippen LogP contribution in [0.2, 0.25) is 0 Å². The zero-order chi connectivity index (χ0) is 13.2. The van der Waals surface area contributed by atoms with Crippen LogP contribution >= 0.6 is 0 Å². The number of benzene rings is 1. The molecule has 0 bridgehead atoms. The fourth-order valence-electron chi connectivity index (χ4n) is 2.74. The maximum atomic E-state index is 9.56. The Hall–Kier alpha value is -1.81. The lowest BCUT2D eigenvalue weighted by atomic mass is 9.93. The molecule has 1 saturated carbocycles. The van der Waals surface area contributed by atoms with Gasteiger partial charge in [0, 0.05) is 11.4 Å². The third-order valence-corrected chi connectivity index (χ3v) is 3.85. The van der Waals surface area contributed by atoms with Crippen LogP contribution in [0.25, 0.3) is 10.9 Å². The van der Waals surface area contributed by atoms with E-state index in [0.29, 0.717) is 11.7 Å². The molecule has 1 aliphatic carbocycles. The zero-order valence-corrected chi connectivity index (χ0v) is 10.8. The zero-order valence-electron chi connectivity index (χ0n) is 10.8. The summed E-state index contributed by atoms with van der Waals surface area (Å²) in [5.74, 6) is 0. The van der Waals surface area contributed by atoms with Crippen molar-refractivity contribution in [2.24, 2.45) is 0 Å². The number of aliphatic hydroxyl groups is 1. The van der Waals surface area contributed by atoms with E-state index >= 15 is 0 Å². The maximum Gasteiger partial charge on any atom is 0.0743 e. The molecule has 4 heteroatoms. The molecule has 4 N–H and O–H groups in total. The molecule has 0 aliphatic heterocycles. The molecule has 0 radical (unpaired) electrons. The van der Waals surface area contributed by atoms with Crippen LogP contribution in [0.15, 0.2) is 30.5 Å². The average molecular weight is 257 g/mol. The number of para-hydroxylation sites is 1. The van der Waals surface area contributed by atoms with Crippen LogP contribution in [0.1, 0.15) is 25.7 Å². The van der Waals surface area contributed by atoms with E-state index in [2.05, 4.69) is 10.3 Å². The number of anilines is 2. The predicted octanol–water partition coefficient (Wildman–Crippen LogP) is 2.53. The quantitative estimate of drug-likeness (QED) is 0.773. The highest BCUT2D eigenvalue weighted by molar-refractivity contribution is 5.96. The topological polar surface area (TPSA) is 71.2 Å². The lowest BCUT2D eigenvalue weighted by molar-refractivity contribution is 0.126. The number of aromatic nitrogens is 1. The highest BCUT2D eigenvalue weighted by Crippen LogP contribution is 2.30. The highest BCUT2D eigenvalue weighted by Gasteiger charge is 2.20. The Balaban J connectivity index is 1.89. The van der Waals surface area contributed by atoms with Crippen molar-refractivity contribution in [3.8, 4) is 0 Å². The monoisotopic (exact) mass is 257 g/mol. The summed E-state index contributed by atoms with van der Waals surface area (Å²) in [5.41, 5.74) is 8.67. The van der Waals surface area contributed by atoms with E-state index in [4.69, 9.17) is 5.73 Å². The Morgan fingerprint density at radius 1 is 1.16 bits per heavy atom. The molecule has 0 spiro atoms. The molecule has 3 rings (SSSR count). The summed E-state index contributed by atoms with van der Waals surface area (Å²) in [6, 6.07) is 8.39. The number of nitrogen functional groups attached to an aromatic ring is 1. The maximum absolute atomic E-state index is 9.56. The van der Waals surface area contributed by atoms with Crippen LogP contribution in [0.5, 0.6) is 0 Å². The van der Waals surface area contributed by atoms with Crippen LogP contribution in [0.3, 0.4) is 0 Å². The van der Waals surface area contributed by atoms with Gasteiger partial charge in [-0.25, -0.2) is 0 Å². The molecule has 1 aliphatic rings. The van der Waals surface area contributed by atoms with E-state index < -0.39 is 0 Å². The van der Waals surface area contributed by atoms with Gasteiger partial charge in [-0.1, -0.05) is 18.2 Å². The van der Waals surface area contributed by atoms with Crippen molar-refractivity contribution in [1.29, 1.82) is 0 Å². The molecule has 0 atom stereocenters. The molecular formula is C15H19N3O. The first-order valence-electron chi connectivity index (χ1n) is 6.82. The molecule has 1 heterocycles. The Kier molecular flexibility index (Phi) is 3.25. The lowest BCUT2D eigenvalue weighted by Gasteiger charge is -2.28. The van der Waals surface area contributed by atoms with Crippen molar-refractivity contribution in [3.05, 3.63) is 30.5 Å². The van der Waals surface area contributed by atoms with Crippen molar-refractivity contribution < 1.29 is 5.11 Å². The number of pyridine rings is 1. The minimum atomic E-state index is -0.135. The van der Waals surface area contributed by atoms with Gasteiger partial charge in [0.25, 0.3) is 0 Å². The first kappa shape index (κ1) is 12.2. The molecule has 0 saturated heterocycles. The van der Waals surface area contributed by atoms with Crippen molar-refractivity contribution >= 4 is 22.3 Å². The van der Waals surface area contributed by atoms with Crippen molar-refractivity contribution in [3.63, 3.8) is 0 Å². The van der Waals surface area contributed by atoms with Gasteiger partial charge in [0.2, 0.25) is 0 Å². The summed E-state index contributed by atoms with van der Waals surface area (Å²) in [7, 11) is 0. The summed E-state index contributed by atoms with van der Waals surface area (Å²) in [4.78, 5) is 4.34. The standard InChI is InChI=1S/C15H19N3O/c16-13-9-17-14-4-2-1-3-12(14)15(13)18-10-5-7-11(19)8-6-10/h1-4,9-11,19H,5-8,16H2,(H,17,18). The number of nitrogens with one attached hydrogen (secondary N) is 1. The minimum absolute atomic E-state index is 0.135. The van der Waals surface area contributed by atoms with Crippen molar-refractivity contribution in [1.82, 2.24) is 4.98 Å². The van der Waals surface area contributed by atoms with Crippen LogP contribution in [0.4, 0.5) is 11.4 Å². The fourth-order valence-corrected chi connectivity index (χ4v) is 2.74. The van der Waals surface area contributed by atoms with Crippen LogP contribution < -0.4 is 11.1 Å². The van der Waals surface area contributed by atoms with Gasteiger partial charge in [-0.2, -0.15) is 0 Å². The van der Waals surface area contributed by atoms with Crippen molar-refractivity contribution in [2.45, 2.75) is 37.8 Å². The molecule has 2 aromatic rings. The Labute approximate surface area is 112 Å². The Morgan fingerprint density at radius 2 is 1.89 bits per heavy atom. The first-order valence-corrected chi connectivity index (χ1v) is 6.82. The van der Waals surface area contributed by atoms with Gasteiger partial charge in [-0.05, 0) is 31.7 Å². The smallest absolute Gasteiger partial charge is 0.0743 e. The average Bonchev–Trinajstić information content (AvgIpc) is 2.44. The Bertz CT molecular complexity index is 577. The number of nitrogens with two attached hydrogens (primary N) is 1. The van der Waals surface area contributed by atoms with E-state index in [1.165, 1.54) is 0 Å². The summed E-state index contributed by atoms with van der Waals surface area (Å²) in [6.45, 7) is 0. The van der Waals surface area contributed by atoms with Crippen LogP contribution in [0, 0.1) is 0 Å². The third kappa shape index (κ3) is 2.49. The van der Waals surface area contributed by atoms with Crippen molar-refractivity contribution in [2.75, 3.05) is 11.1 Å². The Morgan fingerprint density at radius 3 is 2.68 bits per heavy atom. The van der Waals surface area contributed by atoms with Gasteiger partial charge in [0.15, 0.2) is 0 Å². The molecule has 1 fully saturated rings. The van der Waals surface area contributed by atoms with E-state index in [1.54, 1.807) is 6.20 Å². The minimum Gasteiger partial charge on any atom is -0.396 e. The summed E-state index contributed by atoms with van der Waals surface area (Å²) in [5, 5.41) is 14.2. The largest absolute Gasteiger partial charge is 0.396 e. The summed E-state index contributed by atoms with van der Waals surface area (Å²) in [6.07, 6.45) is 5.27. The molecule has 0 unspecified atom stereocenters. The molecule has 19 heavy (non-hydrogen) atoms. The van der Waals surface area contributed by atoms with E-state index in [-0.39, 0.29) is 6.10 Å². The van der Waals surface area contributed by atoms with Gasteiger partial charge < -0.3 is 16.2 Å². The molecule has 1 aromatic heterocycles. The van der Waals surface area contributed by atoms with E-state index in [9.17, 15) is 5.11 Å². The first-order chi connectivity index (χ1) is 9.24. The van der Waals surface area contributed by atoms with Gasteiger partial charge in [0.1, 0.15) is 0 Å². The number of aliphatic hydroxyl groups excluding tert-OH is 1. The van der Waals surface area contributed by atoms with Gasteiger partial charge >= 0.3 is 0 Å². The summed E-state index contributed by atoms with van der Waals surface area (Å²) < 4.78 is 0.